The Morgan fingerprint density at radius 2 is 1.79 bits per heavy atom. The van der Waals surface area contributed by atoms with E-state index in [1.54, 1.807) is 7.11 Å². The molecule has 1 aromatic carbocycles. The van der Waals surface area contributed by atoms with Crippen LogP contribution in [0.4, 0.5) is 0 Å². The number of aryl methyl sites for hydroxylation is 1. The first-order valence-electron chi connectivity index (χ1n) is 4.89. The molecule has 0 aliphatic heterocycles. The van der Waals surface area contributed by atoms with Crippen molar-refractivity contribution >= 4 is 6.08 Å². The summed E-state index contributed by atoms with van der Waals surface area (Å²) >= 11 is 0. The maximum absolute atomic E-state index is 5.32. The van der Waals surface area contributed by atoms with Gasteiger partial charge in [0.25, 0.3) is 0 Å². The van der Waals surface area contributed by atoms with Gasteiger partial charge in [0.05, 0.1) is 7.11 Å². The van der Waals surface area contributed by atoms with Gasteiger partial charge in [0.1, 0.15) is 5.75 Å². The van der Waals surface area contributed by atoms with E-state index in [1.807, 2.05) is 6.92 Å². The summed E-state index contributed by atoms with van der Waals surface area (Å²) in [4.78, 5) is 0. The van der Waals surface area contributed by atoms with Gasteiger partial charge >= 0.3 is 0 Å². The lowest BCUT2D eigenvalue weighted by atomic mass is 9.97. The van der Waals surface area contributed by atoms with E-state index >= 15 is 0 Å². The fourth-order valence-corrected chi connectivity index (χ4v) is 1.70. The number of hydrogen-bond acceptors (Lipinski definition) is 1. The summed E-state index contributed by atoms with van der Waals surface area (Å²) < 4.78 is 5.32. The lowest BCUT2D eigenvalue weighted by molar-refractivity contribution is 0.411. The zero-order valence-corrected chi connectivity index (χ0v) is 9.64. The number of methoxy groups -OCH3 is 1. The predicted octanol–water partition coefficient (Wildman–Crippen LogP) is 3.65. The van der Waals surface area contributed by atoms with Gasteiger partial charge in [0.2, 0.25) is 0 Å². The van der Waals surface area contributed by atoms with Gasteiger partial charge in [-0.15, -0.1) is 0 Å². The number of ether oxygens (including phenoxy) is 1. The minimum Gasteiger partial charge on any atom is -0.496 e. The molecule has 0 aliphatic rings. The second-order valence-corrected chi connectivity index (χ2v) is 3.56. The Morgan fingerprint density at radius 1 is 1.14 bits per heavy atom. The van der Waals surface area contributed by atoms with Crippen molar-refractivity contribution in [1.29, 1.82) is 0 Å². The lowest BCUT2D eigenvalue weighted by Crippen LogP contribution is -1.95. The Balaban J connectivity index is 3.40. The van der Waals surface area contributed by atoms with Crippen molar-refractivity contribution in [1.82, 2.24) is 0 Å². The fraction of sp³-hybridized carbons (Fsp3) is 0.385. The second kappa shape index (κ2) is 4.32. The lowest BCUT2D eigenvalue weighted by Gasteiger charge is -2.13. The van der Waals surface area contributed by atoms with Gasteiger partial charge < -0.3 is 4.74 Å². The van der Waals surface area contributed by atoms with E-state index in [9.17, 15) is 0 Å². The number of allylic oxidation sites excluding steroid dienone is 1. The fourth-order valence-electron chi connectivity index (χ4n) is 1.70. The molecule has 0 saturated carbocycles. The first-order chi connectivity index (χ1) is 6.61. The van der Waals surface area contributed by atoms with Gasteiger partial charge in [-0.1, -0.05) is 12.2 Å². The van der Waals surface area contributed by atoms with Crippen molar-refractivity contribution in [3.63, 3.8) is 0 Å². The van der Waals surface area contributed by atoms with Crippen molar-refractivity contribution in [2.45, 2.75) is 27.7 Å². The molecule has 0 atom stereocenters. The van der Waals surface area contributed by atoms with Crippen LogP contribution in [0.5, 0.6) is 5.75 Å². The van der Waals surface area contributed by atoms with Crippen molar-refractivity contribution < 1.29 is 4.74 Å². The third-order valence-corrected chi connectivity index (χ3v) is 2.66. The first-order valence-corrected chi connectivity index (χ1v) is 4.89. The van der Waals surface area contributed by atoms with Crippen molar-refractivity contribution in [2.24, 2.45) is 0 Å². The normalized spacial score (nSPS) is 10.9. The maximum atomic E-state index is 5.32. The van der Waals surface area contributed by atoms with Crippen LogP contribution in [-0.2, 0) is 0 Å². The Morgan fingerprint density at radius 3 is 2.29 bits per heavy atom. The molecule has 1 nitrogen and oxygen atoms in total. The van der Waals surface area contributed by atoms with Crippen molar-refractivity contribution in [3.8, 4) is 5.75 Å². The van der Waals surface area contributed by atoms with E-state index in [-0.39, 0.29) is 0 Å². The molecule has 0 bridgehead atoms. The summed E-state index contributed by atoms with van der Waals surface area (Å²) in [5.74, 6) is 0.980. The SMILES string of the molecule is C/C=C/c1c(C)cc(OC)c(C)c1C. The van der Waals surface area contributed by atoms with Gasteiger partial charge in [0, 0.05) is 0 Å². The van der Waals surface area contributed by atoms with E-state index in [2.05, 4.69) is 39.0 Å². The molecule has 0 fully saturated rings. The minimum absolute atomic E-state index is 0.980. The zero-order chi connectivity index (χ0) is 10.7. The van der Waals surface area contributed by atoms with Crippen LogP contribution in [0.3, 0.4) is 0 Å². The molecule has 0 spiro atoms. The van der Waals surface area contributed by atoms with E-state index in [1.165, 1.54) is 22.3 Å². The summed E-state index contributed by atoms with van der Waals surface area (Å²) in [6.45, 7) is 8.39. The molecule has 1 aromatic rings. The third kappa shape index (κ3) is 1.82. The van der Waals surface area contributed by atoms with E-state index in [0.29, 0.717) is 0 Å². The molecular formula is C13H18O. The second-order valence-electron chi connectivity index (χ2n) is 3.56. The van der Waals surface area contributed by atoms with Crippen molar-refractivity contribution in [3.05, 3.63) is 34.4 Å². The molecule has 0 heterocycles. The van der Waals surface area contributed by atoms with E-state index < -0.39 is 0 Å². The average molecular weight is 190 g/mol. The molecule has 0 aromatic heterocycles. The van der Waals surface area contributed by atoms with Gasteiger partial charge in [0.15, 0.2) is 0 Å². The number of hydrogen-bond donors (Lipinski definition) is 0. The molecule has 0 amide bonds. The van der Waals surface area contributed by atoms with Crippen molar-refractivity contribution in [2.75, 3.05) is 7.11 Å². The van der Waals surface area contributed by atoms with Crippen LogP contribution in [-0.4, -0.2) is 7.11 Å². The Labute approximate surface area is 86.4 Å². The molecule has 1 heteroatoms. The molecule has 14 heavy (non-hydrogen) atoms. The summed E-state index contributed by atoms with van der Waals surface area (Å²) in [5.41, 5.74) is 5.11. The molecule has 0 radical (unpaired) electrons. The molecule has 0 aliphatic carbocycles. The van der Waals surface area contributed by atoms with Crippen LogP contribution < -0.4 is 4.74 Å². The topological polar surface area (TPSA) is 9.23 Å². The van der Waals surface area contributed by atoms with Gasteiger partial charge in [-0.3, -0.25) is 0 Å². The van der Waals surface area contributed by atoms with Crippen LogP contribution in [0.1, 0.15) is 29.2 Å². The molecule has 76 valence electrons. The van der Waals surface area contributed by atoms with Gasteiger partial charge in [-0.2, -0.15) is 0 Å². The van der Waals surface area contributed by atoms with Gasteiger partial charge in [-0.05, 0) is 56.0 Å². The Bertz CT molecular complexity index is 362. The van der Waals surface area contributed by atoms with E-state index in [0.717, 1.165) is 5.75 Å². The van der Waals surface area contributed by atoms with Gasteiger partial charge in [-0.25, -0.2) is 0 Å². The monoisotopic (exact) mass is 190 g/mol. The highest BCUT2D eigenvalue weighted by Gasteiger charge is 2.07. The number of rotatable bonds is 2. The first kappa shape index (κ1) is 10.8. The van der Waals surface area contributed by atoms with Crippen LogP contribution in [0.15, 0.2) is 12.1 Å². The molecule has 0 unspecified atom stereocenters. The largest absolute Gasteiger partial charge is 0.496 e. The summed E-state index contributed by atoms with van der Waals surface area (Å²) in [7, 11) is 1.72. The quantitative estimate of drug-likeness (QED) is 0.691. The highest BCUT2D eigenvalue weighted by molar-refractivity contribution is 5.62. The Hall–Kier alpha value is -1.24. The average Bonchev–Trinajstić information content (AvgIpc) is 2.18. The number of benzene rings is 1. The van der Waals surface area contributed by atoms with Crippen LogP contribution in [0, 0.1) is 20.8 Å². The molecular weight excluding hydrogens is 172 g/mol. The predicted molar refractivity (Wildman–Crippen MR) is 61.9 cm³/mol. The minimum atomic E-state index is 0.980. The summed E-state index contributed by atoms with van der Waals surface area (Å²) in [6, 6.07) is 2.09. The maximum Gasteiger partial charge on any atom is 0.122 e. The van der Waals surface area contributed by atoms with Crippen LogP contribution in [0.2, 0.25) is 0 Å². The van der Waals surface area contributed by atoms with E-state index in [4.69, 9.17) is 4.74 Å². The highest BCUT2D eigenvalue weighted by atomic mass is 16.5. The summed E-state index contributed by atoms with van der Waals surface area (Å²) in [6.07, 6.45) is 4.22. The third-order valence-electron chi connectivity index (χ3n) is 2.66. The van der Waals surface area contributed by atoms with Crippen LogP contribution in [0.25, 0.3) is 6.08 Å². The van der Waals surface area contributed by atoms with Crippen LogP contribution >= 0.6 is 0 Å². The standard InChI is InChI=1S/C13H18O/c1-6-7-12-9(2)8-13(14-5)11(4)10(12)3/h6-8H,1-5H3/b7-6+. The smallest absolute Gasteiger partial charge is 0.122 e. The Kier molecular flexibility index (Phi) is 3.34. The molecule has 0 N–H and O–H groups in total. The molecule has 0 saturated heterocycles. The highest BCUT2D eigenvalue weighted by Crippen LogP contribution is 2.28. The summed E-state index contributed by atoms with van der Waals surface area (Å²) in [5, 5.41) is 0. The molecule has 1 rings (SSSR count). The zero-order valence-electron chi connectivity index (χ0n) is 9.64.